The van der Waals surface area contributed by atoms with Crippen molar-refractivity contribution in [3.05, 3.63) is 74.6 Å². The highest BCUT2D eigenvalue weighted by Gasteiger charge is 2.29. The largest absolute Gasteiger partial charge is 0.451 e. The van der Waals surface area contributed by atoms with Crippen LogP contribution in [0.25, 0.3) is 0 Å². The molecular weight excluding hydrogens is 436 g/mol. The average Bonchev–Trinajstić information content (AvgIpc) is 3.21. The molecule has 1 amide bonds. The Labute approximate surface area is 178 Å². The van der Waals surface area contributed by atoms with Crippen LogP contribution in [0, 0.1) is 10.1 Å². The van der Waals surface area contributed by atoms with E-state index in [0.717, 1.165) is 9.79 Å². The molecule has 0 atom stereocenters. The Hall–Kier alpha value is -2.88. The van der Waals surface area contributed by atoms with Gasteiger partial charge in [-0.2, -0.15) is 0 Å². The van der Waals surface area contributed by atoms with Crippen LogP contribution in [0.4, 0.5) is 16.4 Å². The van der Waals surface area contributed by atoms with Gasteiger partial charge in [0.05, 0.1) is 16.3 Å². The molecule has 146 valence electrons. The molecule has 0 saturated carbocycles. The molecule has 0 bridgehead atoms. The Bertz CT molecular complexity index is 1150. The van der Waals surface area contributed by atoms with Gasteiger partial charge in [0.2, 0.25) is 0 Å². The lowest BCUT2D eigenvalue weighted by Crippen LogP contribution is -2.32. The number of carbonyl (C=O) groups is 2. The number of amides is 1. The first-order valence-corrected chi connectivity index (χ1v) is 10.3. The van der Waals surface area contributed by atoms with Crippen LogP contribution in [-0.2, 0) is 9.53 Å². The normalized spacial score (nSPS) is 12.1. The van der Waals surface area contributed by atoms with E-state index >= 15 is 0 Å². The van der Waals surface area contributed by atoms with Gasteiger partial charge < -0.3 is 4.74 Å². The van der Waals surface area contributed by atoms with E-state index < -0.39 is 23.4 Å². The maximum atomic E-state index is 13.0. The van der Waals surface area contributed by atoms with Crippen molar-refractivity contribution in [1.82, 2.24) is 0 Å². The van der Waals surface area contributed by atoms with E-state index in [1.54, 1.807) is 18.2 Å². The second kappa shape index (κ2) is 7.86. The van der Waals surface area contributed by atoms with E-state index in [1.807, 2.05) is 24.3 Å². The molecule has 2 heterocycles. The summed E-state index contributed by atoms with van der Waals surface area (Å²) in [6.45, 7) is -0.518. The third-order valence-corrected chi connectivity index (χ3v) is 6.42. The second-order valence-corrected chi connectivity index (χ2v) is 8.46. The van der Waals surface area contributed by atoms with Gasteiger partial charge in [0.1, 0.15) is 4.88 Å². The fourth-order valence-electron chi connectivity index (χ4n) is 2.80. The number of rotatable bonds is 4. The molecule has 0 unspecified atom stereocenters. The van der Waals surface area contributed by atoms with Crippen LogP contribution in [0.3, 0.4) is 0 Å². The molecule has 4 rings (SSSR count). The molecule has 0 N–H and O–H groups in total. The number of ether oxygens (including phenoxy) is 1. The number of benzene rings is 2. The summed E-state index contributed by atoms with van der Waals surface area (Å²) in [6.07, 6.45) is 0. The Morgan fingerprint density at radius 2 is 1.83 bits per heavy atom. The van der Waals surface area contributed by atoms with Crippen molar-refractivity contribution in [2.45, 2.75) is 9.79 Å². The number of nitro groups is 1. The topological polar surface area (TPSA) is 89.8 Å². The molecule has 10 heteroatoms. The van der Waals surface area contributed by atoms with Crippen LogP contribution >= 0.6 is 34.7 Å². The lowest BCUT2D eigenvalue weighted by Gasteiger charge is -2.31. The fourth-order valence-corrected chi connectivity index (χ4v) is 4.71. The summed E-state index contributed by atoms with van der Waals surface area (Å²) in [7, 11) is 0. The molecule has 0 fully saturated rings. The average molecular weight is 447 g/mol. The van der Waals surface area contributed by atoms with Crippen molar-refractivity contribution in [2.75, 3.05) is 11.5 Å². The maximum Gasteiger partial charge on any atom is 0.349 e. The smallest absolute Gasteiger partial charge is 0.349 e. The summed E-state index contributed by atoms with van der Waals surface area (Å²) in [4.78, 5) is 38.6. The number of hydrogen-bond donors (Lipinski definition) is 0. The van der Waals surface area contributed by atoms with E-state index in [4.69, 9.17) is 16.3 Å². The summed E-state index contributed by atoms with van der Waals surface area (Å²) in [5.74, 6) is -1.25. The number of nitrogens with zero attached hydrogens (tertiary/aromatic N) is 2. The molecule has 1 aliphatic heterocycles. The lowest BCUT2D eigenvalue weighted by molar-refractivity contribution is -0.380. The molecule has 1 aliphatic rings. The minimum absolute atomic E-state index is 0.0579. The maximum absolute atomic E-state index is 13.0. The van der Waals surface area contributed by atoms with Crippen molar-refractivity contribution in [3.63, 3.8) is 0 Å². The highest BCUT2D eigenvalue weighted by molar-refractivity contribution is 7.99. The molecule has 7 nitrogen and oxygen atoms in total. The standard InChI is InChI=1S/C19H11ClN2O5S2/c20-11-5-6-15-13(9-11)21(12-3-1-2-4-14(12)28-15)17(23)10-27-19(24)16-7-8-18(29-16)22(25)26/h1-9H,10H2. The first kappa shape index (κ1) is 19.4. The van der Waals surface area contributed by atoms with Crippen molar-refractivity contribution in [3.8, 4) is 0 Å². The van der Waals surface area contributed by atoms with Crippen LogP contribution in [-0.4, -0.2) is 23.4 Å². The van der Waals surface area contributed by atoms with E-state index in [1.165, 1.54) is 28.8 Å². The number of thiophene rings is 1. The second-order valence-electron chi connectivity index (χ2n) is 5.88. The highest BCUT2D eigenvalue weighted by Crippen LogP contribution is 2.48. The summed E-state index contributed by atoms with van der Waals surface area (Å²) in [6, 6.07) is 15.2. The molecule has 0 saturated heterocycles. The van der Waals surface area contributed by atoms with Crippen LogP contribution in [0.5, 0.6) is 0 Å². The summed E-state index contributed by atoms with van der Waals surface area (Å²) >= 11 is 8.34. The predicted molar refractivity (Wildman–Crippen MR) is 110 cm³/mol. The Morgan fingerprint density at radius 3 is 2.59 bits per heavy atom. The molecule has 0 aliphatic carbocycles. The summed E-state index contributed by atoms with van der Waals surface area (Å²) in [5, 5.41) is 11.1. The molecule has 3 aromatic rings. The van der Waals surface area contributed by atoms with E-state index in [0.29, 0.717) is 27.7 Å². The van der Waals surface area contributed by atoms with Gasteiger partial charge in [-0.3, -0.25) is 19.8 Å². The fraction of sp³-hybridized carbons (Fsp3) is 0.0526. The Kier molecular flexibility index (Phi) is 5.27. The molecule has 0 radical (unpaired) electrons. The van der Waals surface area contributed by atoms with Crippen molar-refractivity contribution < 1.29 is 19.2 Å². The first-order chi connectivity index (χ1) is 13.9. The quantitative estimate of drug-likeness (QED) is 0.307. The third kappa shape index (κ3) is 3.84. The van der Waals surface area contributed by atoms with Gasteiger partial charge in [0.25, 0.3) is 5.91 Å². The molecular formula is C19H11ClN2O5S2. The minimum atomic E-state index is -0.789. The van der Waals surface area contributed by atoms with Crippen LogP contribution in [0.2, 0.25) is 5.02 Å². The zero-order chi connectivity index (χ0) is 20.5. The zero-order valence-electron chi connectivity index (χ0n) is 14.5. The number of para-hydroxylation sites is 1. The van der Waals surface area contributed by atoms with Crippen molar-refractivity contribution in [2.24, 2.45) is 0 Å². The number of anilines is 2. The van der Waals surface area contributed by atoms with Gasteiger partial charge >= 0.3 is 11.0 Å². The summed E-state index contributed by atoms with van der Waals surface area (Å²) < 4.78 is 5.11. The van der Waals surface area contributed by atoms with Gasteiger partial charge in [-0.05, 0) is 36.4 Å². The van der Waals surface area contributed by atoms with E-state index in [9.17, 15) is 19.7 Å². The van der Waals surface area contributed by atoms with Crippen LogP contribution < -0.4 is 4.90 Å². The molecule has 29 heavy (non-hydrogen) atoms. The zero-order valence-corrected chi connectivity index (χ0v) is 16.9. The third-order valence-electron chi connectivity index (χ3n) is 4.04. The molecule has 2 aromatic carbocycles. The van der Waals surface area contributed by atoms with Gasteiger partial charge in [0.15, 0.2) is 6.61 Å². The molecule has 0 spiro atoms. The monoisotopic (exact) mass is 446 g/mol. The van der Waals surface area contributed by atoms with Gasteiger partial charge in [-0.1, -0.05) is 46.8 Å². The SMILES string of the molecule is O=C(OCC(=O)N1c2ccccc2Sc2ccc(Cl)cc21)c1ccc([N+](=O)[O-])s1. The number of esters is 1. The van der Waals surface area contributed by atoms with Gasteiger partial charge in [-0.15, -0.1) is 0 Å². The van der Waals surface area contributed by atoms with Gasteiger partial charge in [0, 0.05) is 20.9 Å². The van der Waals surface area contributed by atoms with E-state index in [2.05, 4.69) is 0 Å². The number of fused-ring (bicyclic) bond motifs is 2. The van der Waals surface area contributed by atoms with Crippen molar-refractivity contribution in [1.29, 1.82) is 0 Å². The van der Waals surface area contributed by atoms with Crippen LogP contribution in [0.1, 0.15) is 9.67 Å². The highest BCUT2D eigenvalue weighted by atomic mass is 35.5. The first-order valence-electron chi connectivity index (χ1n) is 8.25. The predicted octanol–water partition coefficient (Wildman–Crippen LogP) is 5.30. The number of carbonyl (C=O) groups excluding carboxylic acids is 2. The molecule has 1 aromatic heterocycles. The van der Waals surface area contributed by atoms with Crippen molar-refractivity contribution >= 4 is 63.0 Å². The Morgan fingerprint density at radius 1 is 1.07 bits per heavy atom. The number of hydrogen-bond acceptors (Lipinski definition) is 7. The summed E-state index contributed by atoms with van der Waals surface area (Å²) in [5.41, 5.74) is 1.27. The lowest BCUT2D eigenvalue weighted by atomic mass is 10.2. The number of halogens is 1. The Balaban J connectivity index is 1.57. The van der Waals surface area contributed by atoms with Crippen LogP contribution in [0.15, 0.2) is 64.4 Å². The van der Waals surface area contributed by atoms with E-state index in [-0.39, 0.29) is 9.88 Å². The minimum Gasteiger partial charge on any atom is -0.451 e. The van der Waals surface area contributed by atoms with Gasteiger partial charge in [-0.25, -0.2) is 4.79 Å².